The van der Waals surface area contributed by atoms with Gasteiger partial charge >= 0.3 is 0 Å². The number of nitrogens with one attached hydrogen (secondary N) is 1. The van der Waals surface area contributed by atoms with Crippen molar-refractivity contribution >= 4 is 27.5 Å². The van der Waals surface area contributed by atoms with E-state index in [9.17, 15) is 5.11 Å². The van der Waals surface area contributed by atoms with Gasteiger partial charge in [0.25, 0.3) is 0 Å². The Morgan fingerprint density at radius 2 is 1.47 bits per heavy atom. The maximum absolute atomic E-state index is 9.55. The summed E-state index contributed by atoms with van der Waals surface area (Å²) in [5.74, 6) is 1.14. The van der Waals surface area contributed by atoms with Crippen molar-refractivity contribution < 1.29 is 9.84 Å². The summed E-state index contributed by atoms with van der Waals surface area (Å²) in [6, 6.07) is 29.0. The molecule has 0 aliphatic carbocycles. The second kappa shape index (κ2) is 10.3. The average Bonchev–Trinajstić information content (AvgIpc) is 3.20. The highest BCUT2D eigenvalue weighted by atomic mass is 16.5. The molecular formula is C31H33N3O2. The van der Waals surface area contributed by atoms with Gasteiger partial charge in [-0.25, -0.2) is 0 Å². The Labute approximate surface area is 212 Å². The zero-order chi connectivity index (χ0) is 25.1. The first-order chi connectivity index (χ1) is 17.5. The summed E-state index contributed by atoms with van der Waals surface area (Å²) in [4.78, 5) is 2.24. The van der Waals surface area contributed by atoms with Gasteiger partial charge in [-0.3, -0.25) is 0 Å². The molecule has 2 N–H and O–H groups in total. The van der Waals surface area contributed by atoms with E-state index in [2.05, 4.69) is 77.4 Å². The van der Waals surface area contributed by atoms with Gasteiger partial charge in [0.1, 0.15) is 11.5 Å². The van der Waals surface area contributed by atoms with Crippen LogP contribution in [-0.2, 0) is 13.1 Å². The van der Waals surface area contributed by atoms with Gasteiger partial charge in [-0.05, 0) is 104 Å². The van der Waals surface area contributed by atoms with Crippen LogP contribution in [0.25, 0.3) is 32.9 Å². The number of phenols is 1. The largest absolute Gasteiger partial charge is 0.508 e. The van der Waals surface area contributed by atoms with Gasteiger partial charge in [0, 0.05) is 40.6 Å². The summed E-state index contributed by atoms with van der Waals surface area (Å²) in [5, 5.41) is 15.6. The number of aryl methyl sites for hydroxylation is 1. The molecule has 184 valence electrons. The molecule has 0 radical (unpaired) electrons. The van der Waals surface area contributed by atoms with Crippen molar-refractivity contribution in [1.29, 1.82) is 0 Å². The van der Waals surface area contributed by atoms with Crippen LogP contribution in [0.4, 0.5) is 5.69 Å². The molecule has 5 aromatic rings. The van der Waals surface area contributed by atoms with Gasteiger partial charge < -0.3 is 24.6 Å². The molecule has 1 heterocycles. The number of aromatic nitrogens is 1. The third-order valence-electron chi connectivity index (χ3n) is 6.70. The fraction of sp³-hybridized carbons (Fsp3) is 0.226. The summed E-state index contributed by atoms with van der Waals surface area (Å²) in [7, 11) is 5.95. The molecule has 0 amide bonds. The van der Waals surface area contributed by atoms with Gasteiger partial charge in [-0.15, -0.1) is 0 Å². The fourth-order valence-electron chi connectivity index (χ4n) is 4.79. The van der Waals surface area contributed by atoms with Crippen LogP contribution in [-0.4, -0.2) is 42.3 Å². The van der Waals surface area contributed by atoms with E-state index in [1.54, 1.807) is 19.2 Å². The molecule has 36 heavy (non-hydrogen) atoms. The quantitative estimate of drug-likeness (QED) is 0.230. The van der Waals surface area contributed by atoms with Crippen LogP contribution in [0, 0.1) is 0 Å². The van der Waals surface area contributed by atoms with Crippen LogP contribution in [0.1, 0.15) is 12.0 Å². The number of aromatic hydroxyl groups is 1. The lowest BCUT2D eigenvalue weighted by Gasteiger charge is -2.12. The number of phenolic OH excluding ortho intramolecular Hbond substituents is 1. The van der Waals surface area contributed by atoms with Gasteiger partial charge in [0.15, 0.2) is 0 Å². The van der Waals surface area contributed by atoms with Crippen molar-refractivity contribution in [3.63, 3.8) is 0 Å². The highest BCUT2D eigenvalue weighted by molar-refractivity contribution is 6.09. The smallest absolute Gasteiger partial charge is 0.118 e. The predicted molar refractivity (Wildman–Crippen MR) is 150 cm³/mol. The number of rotatable bonds is 9. The van der Waals surface area contributed by atoms with Crippen LogP contribution < -0.4 is 10.1 Å². The molecule has 5 heteroatoms. The number of methoxy groups -OCH3 is 1. The Balaban J connectivity index is 1.53. The molecule has 5 nitrogen and oxygen atoms in total. The molecule has 0 aliphatic heterocycles. The van der Waals surface area contributed by atoms with Crippen molar-refractivity contribution in [3.8, 4) is 22.6 Å². The molecule has 0 saturated heterocycles. The van der Waals surface area contributed by atoms with E-state index in [0.717, 1.165) is 30.9 Å². The molecule has 0 unspecified atom stereocenters. The van der Waals surface area contributed by atoms with E-state index in [1.807, 2.05) is 24.3 Å². The Hall–Kier alpha value is -3.96. The number of ether oxygens (including phenoxy) is 1. The Morgan fingerprint density at radius 1 is 0.806 bits per heavy atom. The highest BCUT2D eigenvalue weighted by Gasteiger charge is 2.13. The van der Waals surface area contributed by atoms with E-state index in [-0.39, 0.29) is 5.75 Å². The Kier molecular flexibility index (Phi) is 6.83. The zero-order valence-corrected chi connectivity index (χ0v) is 21.2. The maximum atomic E-state index is 9.55. The number of fused-ring (bicyclic) bond motifs is 3. The molecule has 1 aromatic heterocycles. The van der Waals surface area contributed by atoms with E-state index < -0.39 is 0 Å². The van der Waals surface area contributed by atoms with Crippen molar-refractivity contribution in [2.45, 2.75) is 19.5 Å². The molecule has 5 rings (SSSR count). The normalized spacial score (nSPS) is 11.4. The average molecular weight is 480 g/mol. The van der Waals surface area contributed by atoms with E-state index in [1.165, 1.54) is 38.5 Å². The van der Waals surface area contributed by atoms with Crippen LogP contribution in [0.2, 0.25) is 0 Å². The topological polar surface area (TPSA) is 49.7 Å². The maximum Gasteiger partial charge on any atom is 0.118 e. The summed E-state index contributed by atoms with van der Waals surface area (Å²) < 4.78 is 7.80. The first kappa shape index (κ1) is 23.8. The minimum absolute atomic E-state index is 0.275. The number of nitrogens with zero attached hydrogens (tertiary/aromatic N) is 2. The van der Waals surface area contributed by atoms with Gasteiger partial charge in [-0.2, -0.15) is 0 Å². The summed E-state index contributed by atoms with van der Waals surface area (Å²) in [5.41, 5.74) is 7.12. The Morgan fingerprint density at radius 3 is 2.17 bits per heavy atom. The minimum Gasteiger partial charge on any atom is -0.508 e. The van der Waals surface area contributed by atoms with Crippen LogP contribution in [0.15, 0.2) is 84.9 Å². The summed E-state index contributed by atoms with van der Waals surface area (Å²) in [6.45, 7) is 2.75. The standard InChI is InChI=1S/C31H33N3O2/c1-33(2)17-4-18-34-30-15-5-22(21-32-25-9-11-26(35)12-10-25)19-28(30)29-20-24(8-16-31(29)34)23-6-13-27(36-3)14-7-23/h5-16,19-20,32,35H,4,17-18,21H2,1-3H3. The van der Waals surface area contributed by atoms with E-state index in [4.69, 9.17) is 4.74 Å². The highest BCUT2D eigenvalue weighted by Crippen LogP contribution is 2.34. The minimum atomic E-state index is 0.275. The lowest BCUT2D eigenvalue weighted by molar-refractivity contribution is 0.389. The molecular weight excluding hydrogens is 446 g/mol. The summed E-state index contributed by atoms with van der Waals surface area (Å²) >= 11 is 0. The molecule has 0 bridgehead atoms. The second-order valence-electron chi connectivity index (χ2n) is 9.52. The predicted octanol–water partition coefficient (Wildman–Crippen LogP) is 6.74. The molecule has 0 fully saturated rings. The lowest BCUT2D eigenvalue weighted by atomic mass is 10.0. The van der Waals surface area contributed by atoms with E-state index >= 15 is 0 Å². The molecule has 0 saturated carbocycles. The SMILES string of the molecule is COc1ccc(-c2ccc3c(c2)c2cc(CNc4ccc(O)cc4)ccc2n3CCCN(C)C)cc1. The lowest BCUT2D eigenvalue weighted by Crippen LogP contribution is -2.15. The third kappa shape index (κ3) is 5.02. The van der Waals surface area contributed by atoms with Gasteiger partial charge in [0.05, 0.1) is 7.11 Å². The van der Waals surface area contributed by atoms with E-state index in [0.29, 0.717) is 6.54 Å². The molecule has 0 spiro atoms. The van der Waals surface area contributed by atoms with Crippen molar-refractivity contribution in [2.75, 3.05) is 33.1 Å². The first-order valence-electron chi connectivity index (χ1n) is 12.4. The van der Waals surface area contributed by atoms with Crippen LogP contribution >= 0.6 is 0 Å². The van der Waals surface area contributed by atoms with Gasteiger partial charge in [-0.1, -0.05) is 24.3 Å². The Bertz CT molecular complexity index is 1470. The fourth-order valence-corrected chi connectivity index (χ4v) is 4.79. The number of hydrogen-bond acceptors (Lipinski definition) is 4. The monoisotopic (exact) mass is 479 g/mol. The summed E-state index contributed by atoms with van der Waals surface area (Å²) in [6.07, 6.45) is 1.09. The number of anilines is 1. The van der Waals surface area contributed by atoms with Crippen LogP contribution in [0.3, 0.4) is 0 Å². The third-order valence-corrected chi connectivity index (χ3v) is 6.70. The van der Waals surface area contributed by atoms with Gasteiger partial charge in [0.2, 0.25) is 0 Å². The first-order valence-corrected chi connectivity index (χ1v) is 12.4. The zero-order valence-electron chi connectivity index (χ0n) is 21.2. The molecule has 0 aliphatic rings. The van der Waals surface area contributed by atoms with Crippen LogP contribution in [0.5, 0.6) is 11.5 Å². The number of hydrogen-bond donors (Lipinski definition) is 2. The van der Waals surface area contributed by atoms with Crippen molar-refractivity contribution in [1.82, 2.24) is 9.47 Å². The second-order valence-corrected chi connectivity index (χ2v) is 9.52. The number of benzene rings is 4. The molecule has 0 atom stereocenters. The van der Waals surface area contributed by atoms with Crippen molar-refractivity contribution in [3.05, 3.63) is 90.5 Å². The van der Waals surface area contributed by atoms with Crippen molar-refractivity contribution in [2.24, 2.45) is 0 Å². The molecule has 4 aromatic carbocycles.